The third-order valence-corrected chi connectivity index (χ3v) is 5.51. The van der Waals surface area contributed by atoms with Gasteiger partial charge in [0.15, 0.2) is 4.80 Å². The maximum Gasteiger partial charge on any atom is 0.279 e. The normalized spacial score (nSPS) is 12.1. The summed E-state index contributed by atoms with van der Waals surface area (Å²) in [4.78, 5) is 17.5. The Labute approximate surface area is 159 Å². The lowest BCUT2D eigenvalue weighted by Crippen LogP contribution is -2.19. The minimum Gasteiger partial charge on any atom is -0.383 e. The van der Waals surface area contributed by atoms with Crippen molar-refractivity contribution in [3.63, 3.8) is 0 Å². The molecule has 25 heavy (non-hydrogen) atoms. The number of hydrogen-bond donors (Lipinski definition) is 0. The second-order valence-electron chi connectivity index (χ2n) is 5.48. The van der Waals surface area contributed by atoms with Crippen LogP contribution in [0.2, 0.25) is 10.0 Å². The van der Waals surface area contributed by atoms with Crippen molar-refractivity contribution in [2.75, 3.05) is 13.7 Å². The molecule has 0 atom stereocenters. The molecule has 0 fully saturated rings. The van der Waals surface area contributed by atoms with Crippen LogP contribution in [-0.4, -0.2) is 24.2 Å². The number of aromatic nitrogens is 1. The van der Waals surface area contributed by atoms with Crippen LogP contribution >= 0.6 is 34.5 Å². The van der Waals surface area contributed by atoms with Crippen molar-refractivity contribution < 1.29 is 9.53 Å². The summed E-state index contributed by atoms with van der Waals surface area (Å²) in [5.41, 5.74) is 2.40. The number of ether oxygens (including phenoxy) is 1. The van der Waals surface area contributed by atoms with Gasteiger partial charge in [0.25, 0.3) is 5.91 Å². The zero-order valence-corrected chi connectivity index (χ0v) is 16.1. The van der Waals surface area contributed by atoms with Crippen molar-refractivity contribution in [3.05, 3.63) is 62.4 Å². The van der Waals surface area contributed by atoms with Gasteiger partial charge in [-0.05, 0) is 42.8 Å². The lowest BCUT2D eigenvalue weighted by Gasteiger charge is -2.07. The lowest BCUT2D eigenvalue weighted by atomic mass is 10.2. The van der Waals surface area contributed by atoms with Gasteiger partial charge in [0, 0.05) is 29.3 Å². The van der Waals surface area contributed by atoms with Gasteiger partial charge < -0.3 is 9.30 Å². The van der Waals surface area contributed by atoms with E-state index in [2.05, 4.69) is 4.99 Å². The molecule has 0 aliphatic heterocycles. The van der Waals surface area contributed by atoms with Gasteiger partial charge in [-0.15, -0.1) is 0 Å². The minimum absolute atomic E-state index is 0.330. The van der Waals surface area contributed by atoms with Crippen LogP contribution in [0.1, 0.15) is 15.9 Å². The summed E-state index contributed by atoms with van der Waals surface area (Å²) in [5.74, 6) is -0.330. The molecular formula is C18H16Cl2N2O2S. The highest BCUT2D eigenvalue weighted by Gasteiger charge is 2.13. The number of hydrogen-bond acceptors (Lipinski definition) is 3. The molecule has 0 spiro atoms. The van der Waals surface area contributed by atoms with Crippen molar-refractivity contribution in [2.45, 2.75) is 13.5 Å². The number of carbonyl (C=O) groups is 1. The summed E-state index contributed by atoms with van der Waals surface area (Å²) < 4.78 is 8.20. The maximum atomic E-state index is 12.5. The number of carbonyl (C=O) groups excluding carboxylic acids is 1. The molecule has 7 heteroatoms. The summed E-state index contributed by atoms with van der Waals surface area (Å²) >= 11 is 13.7. The van der Waals surface area contributed by atoms with E-state index in [0.29, 0.717) is 33.6 Å². The lowest BCUT2D eigenvalue weighted by molar-refractivity contribution is 0.0997. The number of fused-ring (bicyclic) bond motifs is 1. The average molecular weight is 395 g/mol. The third kappa shape index (κ3) is 3.80. The highest BCUT2D eigenvalue weighted by molar-refractivity contribution is 7.16. The van der Waals surface area contributed by atoms with Crippen LogP contribution in [0.4, 0.5) is 0 Å². The second kappa shape index (κ2) is 7.70. The number of methoxy groups -OCH3 is 1. The molecule has 0 radical (unpaired) electrons. The van der Waals surface area contributed by atoms with Crippen LogP contribution in [0, 0.1) is 6.92 Å². The van der Waals surface area contributed by atoms with Crippen LogP contribution in [0.5, 0.6) is 0 Å². The minimum atomic E-state index is -0.330. The van der Waals surface area contributed by atoms with E-state index in [0.717, 1.165) is 15.8 Å². The van der Waals surface area contributed by atoms with Crippen LogP contribution in [-0.2, 0) is 11.3 Å². The molecule has 0 aliphatic carbocycles. The van der Waals surface area contributed by atoms with Crippen molar-refractivity contribution in [3.8, 4) is 0 Å². The Kier molecular flexibility index (Phi) is 5.59. The van der Waals surface area contributed by atoms with E-state index in [1.165, 1.54) is 11.3 Å². The third-order valence-electron chi connectivity index (χ3n) is 3.82. The first-order chi connectivity index (χ1) is 12.0. The number of amides is 1. The summed E-state index contributed by atoms with van der Waals surface area (Å²) in [6.07, 6.45) is 0. The Morgan fingerprint density at radius 2 is 2.08 bits per heavy atom. The molecule has 0 saturated heterocycles. The first-order valence-corrected chi connectivity index (χ1v) is 9.20. The zero-order chi connectivity index (χ0) is 18.0. The second-order valence-corrected chi connectivity index (χ2v) is 7.33. The van der Waals surface area contributed by atoms with Gasteiger partial charge in [-0.25, -0.2) is 0 Å². The summed E-state index contributed by atoms with van der Waals surface area (Å²) in [7, 11) is 1.64. The number of benzene rings is 2. The van der Waals surface area contributed by atoms with E-state index in [4.69, 9.17) is 27.9 Å². The number of nitrogens with zero attached hydrogens (tertiary/aromatic N) is 2. The largest absolute Gasteiger partial charge is 0.383 e. The van der Waals surface area contributed by atoms with Crippen LogP contribution in [0.3, 0.4) is 0 Å². The zero-order valence-electron chi connectivity index (χ0n) is 13.8. The van der Waals surface area contributed by atoms with Crippen molar-refractivity contribution in [1.29, 1.82) is 0 Å². The van der Waals surface area contributed by atoms with Gasteiger partial charge in [0.05, 0.1) is 16.8 Å². The monoisotopic (exact) mass is 394 g/mol. The molecule has 4 nitrogen and oxygen atoms in total. The van der Waals surface area contributed by atoms with E-state index in [1.54, 1.807) is 31.4 Å². The molecule has 0 N–H and O–H groups in total. The number of thiazole rings is 1. The highest BCUT2D eigenvalue weighted by Crippen LogP contribution is 2.27. The molecule has 0 saturated carbocycles. The first kappa shape index (κ1) is 18.1. The number of halogens is 2. The Bertz CT molecular complexity index is 1010. The van der Waals surface area contributed by atoms with E-state index in [9.17, 15) is 4.79 Å². The van der Waals surface area contributed by atoms with Gasteiger partial charge in [-0.1, -0.05) is 40.6 Å². The molecule has 3 aromatic rings. The highest BCUT2D eigenvalue weighted by atomic mass is 35.5. The van der Waals surface area contributed by atoms with Crippen molar-refractivity contribution in [1.82, 2.24) is 4.57 Å². The van der Waals surface area contributed by atoms with Crippen LogP contribution in [0.25, 0.3) is 10.2 Å². The van der Waals surface area contributed by atoms with Gasteiger partial charge in [0.1, 0.15) is 0 Å². The number of rotatable bonds is 4. The maximum absolute atomic E-state index is 12.5. The van der Waals surface area contributed by atoms with Gasteiger partial charge in [-0.2, -0.15) is 4.99 Å². The summed E-state index contributed by atoms with van der Waals surface area (Å²) in [5, 5.41) is 1.19. The van der Waals surface area contributed by atoms with Crippen LogP contribution in [0.15, 0.2) is 41.4 Å². The SMILES string of the molecule is COCCn1c(=NC(=O)c2cccc(Cl)c2)sc2ccc(Cl)c(C)c21. The van der Waals surface area contributed by atoms with E-state index < -0.39 is 0 Å². The van der Waals surface area contributed by atoms with E-state index in [1.807, 2.05) is 23.6 Å². The smallest absolute Gasteiger partial charge is 0.279 e. The topological polar surface area (TPSA) is 43.6 Å². The van der Waals surface area contributed by atoms with Crippen molar-refractivity contribution in [2.24, 2.45) is 4.99 Å². The molecule has 1 heterocycles. The Morgan fingerprint density at radius 3 is 2.80 bits per heavy atom. The fourth-order valence-electron chi connectivity index (χ4n) is 2.56. The molecule has 1 aromatic heterocycles. The fraction of sp³-hybridized carbons (Fsp3) is 0.222. The Hall–Kier alpha value is -1.66. The molecule has 2 aromatic carbocycles. The number of aryl methyl sites for hydroxylation is 1. The van der Waals surface area contributed by atoms with Crippen LogP contribution < -0.4 is 4.80 Å². The molecule has 130 valence electrons. The standard InChI is InChI=1S/C18H16Cl2N2O2S/c1-11-14(20)6-7-15-16(11)22(8-9-24-2)18(25-15)21-17(23)12-4-3-5-13(19)10-12/h3-7,10H,8-9H2,1-2H3. The predicted molar refractivity (Wildman–Crippen MR) is 103 cm³/mol. The van der Waals surface area contributed by atoms with Gasteiger partial charge in [0.2, 0.25) is 0 Å². The van der Waals surface area contributed by atoms with Gasteiger partial charge in [-0.3, -0.25) is 4.79 Å². The van der Waals surface area contributed by atoms with E-state index >= 15 is 0 Å². The predicted octanol–water partition coefficient (Wildman–Crippen LogP) is 4.71. The molecule has 0 bridgehead atoms. The summed E-state index contributed by atoms with van der Waals surface area (Å²) in [6, 6.07) is 10.6. The quantitative estimate of drug-likeness (QED) is 0.643. The molecule has 1 amide bonds. The van der Waals surface area contributed by atoms with Crippen molar-refractivity contribution >= 4 is 50.7 Å². The van der Waals surface area contributed by atoms with E-state index in [-0.39, 0.29) is 5.91 Å². The Morgan fingerprint density at radius 1 is 1.28 bits per heavy atom. The van der Waals surface area contributed by atoms with Gasteiger partial charge >= 0.3 is 0 Å². The molecular weight excluding hydrogens is 379 g/mol. The molecule has 3 rings (SSSR count). The fourth-order valence-corrected chi connectivity index (χ4v) is 4.02. The molecule has 0 aliphatic rings. The molecule has 0 unspecified atom stereocenters. The summed E-state index contributed by atoms with van der Waals surface area (Å²) in [6.45, 7) is 3.05. The Balaban J connectivity index is 2.17. The average Bonchev–Trinajstić information content (AvgIpc) is 2.94. The first-order valence-electron chi connectivity index (χ1n) is 7.63.